The minimum atomic E-state index is 0.0335. The molecule has 0 spiro atoms. The van der Waals surface area contributed by atoms with Gasteiger partial charge in [0.25, 0.3) is 0 Å². The molecule has 0 unspecified atom stereocenters. The van der Waals surface area contributed by atoms with Gasteiger partial charge in [-0.25, -0.2) is 0 Å². The number of rotatable bonds is 7. The highest BCUT2D eigenvalue weighted by Crippen LogP contribution is 2.32. The summed E-state index contributed by atoms with van der Waals surface area (Å²) in [6.07, 6.45) is 2.32. The lowest BCUT2D eigenvalue weighted by Gasteiger charge is -2.20. The van der Waals surface area contributed by atoms with Crippen molar-refractivity contribution in [3.05, 3.63) is 20.3 Å². The lowest BCUT2D eigenvalue weighted by Crippen LogP contribution is -2.34. The van der Waals surface area contributed by atoms with Crippen LogP contribution in [0.4, 0.5) is 0 Å². The fourth-order valence-electron chi connectivity index (χ4n) is 1.84. The normalized spacial score (nSPS) is 15.3. The first kappa shape index (κ1) is 14.3. The zero-order valence-electron chi connectivity index (χ0n) is 10.1. The van der Waals surface area contributed by atoms with Crippen LogP contribution >= 0.6 is 34.5 Å². The van der Waals surface area contributed by atoms with E-state index in [1.165, 1.54) is 11.3 Å². The summed E-state index contributed by atoms with van der Waals surface area (Å²) >= 11 is 13.1. The van der Waals surface area contributed by atoms with Gasteiger partial charge in [0.1, 0.15) is 4.34 Å². The van der Waals surface area contributed by atoms with Gasteiger partial charge in [-0.2, -0.15) is 0 Å². The van der Waals surface area contributed by atoms with Gasteiger partial charge in [-0.1, -0.05) is 23.2 Å². The Morgan fingerprint density at radius 1 is 1.56 bits per heavy atom. The first-order chi connectivity index (χ1) is 8.61. The number of methoxy groups -OCH3 is 1. The number of hydrogen-bond donors (Lipinski definition) is 0. The van der Waals surface area contributed by atoms with Crippen LogP contribution in [0.5, 0.6) is 0 Å². The SMILES string of the molecule is COCCN(CC(=O)c1cc(Cl)sc1Cl)C1CC1. The summed E-state index contributed by atoms with van der Waals surface area (Å²) in [6, 6.07) is 2.18. The van der Waals surface area contributed by atoms with Gasteiger partial charge in [0.05, 0.1) is 23.1 Å². The smallest absolute Gasteiger partial charge is 0.179 e. The highest BCUT2D eigenvalue weighted by Gasteiger charge is 2.30. The molecule has 0 N–H and O–H groups in total. The van der Waals surface area contributed by atoms with E-state index in [-0.39, 0.29) is 5.78 Å². The summed E-state index contributed by atoms with van der Waals surface area (Å²) in [5.74, 6) is 0.0335. The van der Waals surface area contributed by atoms with E-state index in [0.717, 1.165) is 19.4 Å². The summed E-state index contributed by atoms with van der Waals surface area (Å²) in [4.78, 5) is 14.3. The number of thiophene rings is 1. The molecule has 1 aliphatic rings. The zero-order valence-corrected chi connectivity index (χ0v) is 12.4. The van der Waals surface area contributed by atoms with E-state index in [2.05, 4.69) is 4.90 Å². The zero-order chi connectivity index (χ0) is 13.1. The average Bonchev–Trinajstić information content (AvgIpc) is 3.10. The topological polar surface area (TPSA) is 29.5 Å². The Kier molecular flexibility index (Phi) is 5.04. The van der Waals surface area contributed by atoms with Crippen molar-refractivity contribution in [3.8, 4) is 0 Å². The Hall–Kier alpha value is -0.130. The predicted molar refractivity (Wildman–Crippen MR) is 75.1 cm³/mol. The molecule has 0 aliphatic heterocycles. The van der Waals surface area contributed by atoms with Crippen LogP contribution in [-0.4, -0.2) is 43.5 Å². The molecule has 1 saturated carbocycles. The van der Waals surface area contributed by atoms with Gasteiger partial charge in [-0.05, 0) is 18.9 Å². The standard InChI is InChI=1S/C12H15Cl2NO2S/c1-17-5-4-15(8-2-3-8)7-10(16)9-6-11(13)18-12(9)14/h6,8H,2-5,7H2,1H3. The number of Topliss-reactive ketones (excluding diaryl/α,β-unsaturated/α-hetero) is 1. The van der Waals surface area contributed by atoms with Crippen LogP contribution in [0.2, 0.25) is 8.67 Å². The Balaban J connectivity index is 1.98. The van der Waals surface area contributed by atoms with Crippen molar-refractivity contribution in [3.63, 3.8) is 0 Å². The molecule has 0 radical (unpaired) electrons. The Morgan fingerprint density at radius 3 is 2.78 bits per heavy atom. The van der Waals surface area contributed by atoms with Gasteiger partial charge in [-0.15, -0.1) is 11.3 Å². The van der Waals surface area contributed by atoms with Gasteiger partial charge in [-0.3, -0.25) is 9.69 Å². The molecule has 6 heteroatoms. The van der Waals surface area contributed by atoms with Crippen molar-refractivity contribution in [2.24, 2.45) is 0 Å². The molecule has 3 nitrogen and oxygen atoms in total. The number of ether oxygens (including phenoxy) is 1. The summed E-state index contributed by atoms with van der Waals surface area (Å²) in [5, 5.41) is 0. The van der Waals surface area contributed by atoms with Gasteiger partial charge < -0.3 is 4.74 Å². The second kappa shape index (κ2) is 6.35. The number of halogens is 2. The second-order valence-corrected chi connectivity index (χ2v) is 6.64. The molecular formula is C12H15Cl2NO2S. The van der Waals surface area contributed by atoms with Crippen LogP contribution < -0.4 is 0 Å². The molecule has 0 amide bonds. The van der Waals surface area contributed by atoms with E-state index in [9.17, 15) is 4.79 Å². The molecule has 1 heterocycles. The maximum absolute atomic E-state index is 12.2. The Labute approximate surface area is 121 Å². The molecule has 18 heavy (non-hydrogen) atoms. The first-order valence-electron chi connectivity index (χ1n) is 5.83. The van der Waals surface area contributed by atoms with Gasteiger partial charge in [0.15, 0.2) is 5.78 Å². The molecule has 0 aromatic carbocycles. The molecule has 0 atom stereocenters. The maximum Gasteiger partial charge on any atom is 0.179 e. The largest absolute Gasteiger partial charge is 0.383 e. The molecule has 1 aromatic heterocycles. The van der Waals surface area contributed by atoms with E-state index in [0.29, 0.717) is 33.4 Å². The van der Waals surface area contributed by atoms with E-state index in [1.807, 2.05) is 0 Å². The van der Waals surface area contributed by atoms with E-state index in [1.54, 1.807) is 13.2 Å². The minimum absolute atomic E-state index is 0.0335. The van der Waals surface area contributed by atoms with Crippen molar-refractivity contribution in [2.45, 2.75) is 18.9 Å². The summed E-state index contributed by atoms with van der Waals surface area (Å²) < 4.78 is 6.10. The molecule has 0 bridgehead atoms. The lowest BCUT2D eigenvalue weighted by molar-refractivity contribution is 0.0886. The summed E-state index contributed by atoms with van der Waals surface area (Å²) in [5.41, 5.74) is 0.537. The van der Waals surface area contributed by atoms with Gasteiger partial charge in [0, 0.05) is 19.7 Å². The maximum atomic E-state index is 12.2. The second-order valence-electron chi connectivity index (χ2n) is 4.36. The molecule has 2 rings (SSSR count). The Morgan fingerprint density at radius 2 is 2.28 bits per heavy atom. The van der Waals surface area contributed by atoms with E-state index in [4.69, 9.17) is 27.9 Å². The van der Waals surface area contributed by atoms with Crippen molar-refractivity contribution in [1.82, 2.24) is 4.90 Å². The van der Waals surface area contributed by atoms with Crippen LogP contribution in [0.1, 0.15) is 23.2 Å². The highest BCUT2D eigenvalue weighted by atomic mass is 35.5. The van der Waals surface area contributed by atoms with Crippen LogP contribution in [0.15, 0.2) is 6.07 Å². The molecule has 100 valence electrons. The van der Waals surface area contributed by atoms with Crippen LogP contribution in [-0.2, 0) is 4.74 Å². The third-order valence-electron chi connectivity index (χ3n) is 2.95. The van der Waals surface area contributed by atoms with Crippen LogP contribution in [0.3, 0.4) is 0 Å². The molecular weight excluding hydrogens is 293 g/mol. The molecule has 1 fully saturated rings. The van der Waals surface area contributed by atoms with Crippen molar-refractivity contribution < 1.29 is 9.53 Å². The van der Waals surface area contributed by atoms with Crippen molar-refractivity contribution >= 4 is 40.3 Å². The first-order valence-corrected chi connectivity index (χ1v) is 7.40. The predicted octanol–water partition coefficient (Wildman–Crippen LogP) is 3.35. The van der Waals surface area contributed by atoms with Crippen molar-refractivity contribution in [2.75, 3.05) is 26.8 Å². The number of carbonyl (C=O) groups is 1. The van der Waals surface area contributed by atoms with Gasteiger partial charge >= 0.3 is 0 Å². The number of nitrogens with zero attached hydrogens (tertiary/aromatic N) is 1. The summed E-state index contributed by atoms with van der Waals surface area (Å²) in [6.45, 7) is 1.81. The van der Waals surface area contributed by atoms with Crippen LogP contribution in [0, 0.1) is 0 Å². The minimum Gasteiger partial charge on any atom is -0.383 e. The molecule has 1 aliphatic carbocycles. The molecule has 1 aromatic rings. The fraction of sp³-hybridized carbons (Fsp3) is 0.583. The fourth-order valence-corrected chi connectivity index (χ4v) is 3.34. The quantitative estimate of drug-likeness (QED) is 0.724. The van der Waals surface area contributed by atoms with Gasteiger partial charge in [0.2, 0.25) is 0 Å². The van der Waals surface area contributed by atoms with Crippen LogP contribution in [0.25, 0.3) is 0 Å². The van der Waals surface area contributed by atoms with Crippen molar-refractivity contribution in [1.29, 1.82) is 0 Å². The number of ketones is 1. The third kappa shape index (κ3) is 3.68. The Bertz CT molecular complexity index is 432. The highest BCUT2D eigenvalue weighted by molar-refractivity contribution is 7.20. The molecule has 0 saturated heterocycles. The van der Waals surface area contributed by atoms with E-state index < -0.39 is 0 Å². The third-order valence-corrected chi connectivity index (χ3v) is 4.44. The average molecular weight is 308 g/mol. The monoisotopic (exact) mass is 307 g/mol. The summed E-state index contributed by atoms with van der Waals surface area (Å²) in [7, 11) is 1.67. The lowest BCUT2D eigenvalue weighted by atomic mass is 10.2. The number of carbonyl (C=O) groups excluding carboxylic acids is 1. The number of hydrogen-bond acceptors (Lipinski definition) is 4. The van der Waals surface area contributed by atoms with E-state index >= 15 is 0 Å².